The van der Waals surface area contributed by atoms with Crippen LogP contribution >= 0.6 is 27.3 Å². The number of hydrogen-bond donors (Lipinski definition) is 0. The third-order valence-corrected chi connectivity index (χ3v) is 4.77. The van der Waals surface area contributed by atoms with Crippen LogP contribution in [-0.4, -0.2) is 21.7 Å². The predicted molar refractivity (Wildman–Crippen MR) is 79.8 cm³/mol. The van der Waals surface area contributed by atoms with Gasteiger partial charge in [-0.15, -0.1) is 11.3 Å². The highest BCUT2D eigenvalue weighted by molar-refractivity contribution is 9.10. The zero-order valence-corrected chi connectivity index (χ0v) is 13.4. The van der Waals surface area contributed by atoms with E-state index in [1.807, 2.05) is 6.92 Å². The molecule has 0 radical (unpaired) electrons. The zero-order chi connectivity index (χ0) is 13.1. The number of aromatic nitrogens is 2. The first-order chi connectivity index (χ1) is 8.61. The van der Waals surface area contributed by atoms with Gasteiger partial charge in [-0.1, -0.05) is 6.07 Å². The van der Waals surface area contributed by atoms with Crippen LogP contribution in [0.3, 0.4) is 0 Å². The summed E-state index contributed by atoms with van der Waals surface area (Å²) in [7, 11) is 2.15. The molecule has 18 heavy (non-hydrogen) atoms. The lowest BCUT2D eigenvalue weighted by molar-refractivity contribution is 0.309. The highest BCUT2D eigenvalue weighted by atomic mass is 79.9. The third kappa shape index (κ3) is 3.02. The Morgan fingerprint density at radius 2 is 2.22 bits per heavy atom. The molecule has 0 aliphatic rings. The van der Waals surface area contributed by atoms with E-state index in [-0.39, 0.29) is 0 Å². The van der Waals surface area contributed by atoms with Crippen molar-refractivity contribution >= 4 is 27.3 Å². The molecule has 0 bridgehead atoms. The Hall–Kier alpha value is -0.650. The molecule has 0 unspecified atom stereocenters. The van der Waals surface area contributed by atoms with Gasteiger partial charge in [0.05, 0.1) is 15.9 Å². The average Bonchev–Trinajstić information content (AvgIpc) is 2.92. The van der Waals surface area contributed by atoms with Crippen LogP contribution in [0.1, 0.15) is 23.2 Å². The standard InChI is InChI=1S/C13H18BrN3S/c1-4-17-12(13(14)10(2)15-17)9-16(3)8-11-6-5-7-18-11/h5-7H,4,8-9H2,1-3H3. The summed E-state index contributed by atoms with van der Waals surface area (Å²) in [5.41, 5.74) is 2.32. The lowest BCUT2D eigenvalue weighted by atomic mass is 10.3. The van der Waals surface area contributed by atoms with Gasteiger partial charge in [0, 0.05) is 24.5 Å². The second-order valence-corrected chi connectivity index (χ2v) is 6.24. The minimum Gasteiger partial charge on any atom is -0.295 e. The van der Waals surface area contributed by atoms with Crippen molar-refractivity contribution in [2.45, 2.75) is 33.5 Å². The zero-order valence-electron chi connectivity index (χ0n) is 11.0. The quantitative estimate of drug-likeness (QED) is 0.835. The molecule has 5 heteroatoms. The molecular formula is C13H18BrN3S. The monoisotopic (exact) mass is 327 g/mol. The van der Waals surface area contributed by atoms with Crippen LogP contribution in [0.15, 0.2) is 22.0 Å². The second-order valence-electron chi connectivity index (χ2n) is 4.41. The van der Waals surface area contributed by atoms with Crippen molar-refractivity contribution in [3.8, 4) is 0 Å². The molecule has 98 valence electrons. The van der Waals surface area contributed by atoms with Gasteiger partial charge in [-0.25, -0.2) is 0 Å². The van der Waals surface area contributed by atoms with Gasteiger partial charge in [-0.3, -0.25) is 9.58 Å². The van der Waals surface area contributed by atoms with Gasteiger partial charge < -0.3 is 0 Å². The fourth-order valence-corrected chi connectivity index (χ4v) is 3.19. The number of aryl methyl sites for hydroxylation is 2. The average molecular weight is 328 g/mol. The van der Waals surface area contributed by atoms with Crippen molar-refractivity contribution in [2.24, 2.45) is 0 Å². The Morgan fingerprint density at radius 1 is 1.44 bits per heavy atom. The number of hydrogen-bond acceptors (Lipinski definition) is 3. The van der Waals surface area contributed by atoms with Gasteiger partial charge in [0.2, 0.25) is 0 Å². The molecule has 3 nitrogen and oxygen atoms in total. The van der Waals surface area contributed by atoms with Crippen LogP contribution in [-0.2, 0) is 19.6 Å². The van der Waals surface area contributed by atoms with Gasteiger partial charge >= 0.3 is 0 Å². The molecule has 0 spiro atoms. The summed E-state index contributed by atoms with van der Waals surface area (Å²) in [5.74, 6) is 0. The molecule has 0 aliphatic heterocycles. The number of thiophene rings is 1. The van der Waals surface area contributed by atoms with E-state index < -0.39 is 0 Å². The van der Waals surface area contributed by atoms with E-state index in [1.54, 1.807) is 11.3 Å². The maximum atomic E-state index is 4.52. The molecule has 0 aliphatic carbocycles. The van der Waals surface area contributed by atoms with E-state index >= 15 is 0 Å². The maximum absolute atomic E-state index is 4.52. The summed E-state index contributed by atoms with van der Waals surface area (Å²) in [4.78, 5) is 3.71. The Morgan fingerprint density at radius 3 is 2.83 bits per heavy atom. The van der Waals surface area contributed by atoms with Crippen LogP contribution in [0.5, 0.6) is 0 Å². The minimum absolute atomic E-state index is 0.910. The first-order valence-electron chi connectivity index (χ1n) is 6.04. The molecule has 0 saturated heterocycles. The lowest BCUT2D eigenvalue weighted by Gasteiger charge is -2.16. The first-order valence-corrected chi connectivity index (χ1v) is 7.71. The van der Waals surface area contributed by atoms with Gasteiger partial charge in [0.25, 0.3) is 0 Å². The Balaban J connectivity index is 2.09. The number of rotatable bonds is 5. The van der Waals surface area contributed by atoms with Crippen molar-refractivity contribution in [3.05, 3.63) is 38.3 Å². The van der Waals surface area contributed by atoms with E-state index in [0.29, 0.717) is 0 Å². The van der Waals surface area contributed by atoms with Gasteiger partial charge in [-0.2, -0.15) is 5.10 Å². The van der Waals surface area contributed by atoms with E-state index in [9.17, 15) is 0 Å². The number of halogens is 1. The van der Waals surface area contributed by atoms with Crippen molar-refractivity contribution in [2.75, 3.05) is 7.05 Å². The summed E-state index contributed by atoms with van der Waals surface area (Å²) >= 11 is 5.45. The Bertz CT molecular complexity index is 505. The molecule has 0 N–H and O–H groups in total. The molecule has 2 aromatic heterocycles. The predicted octanol–water partition coefficient (Wildman–Crippen LogP) is 3.67. The topological polar surface area (TPSA) is 21.1 Å². The largest absolute Gasteiger partial charge is 0.295 e. The van der Waals surface area contributed by atoms with E-state index in [1.165, 1.54) is 10.6 Å². The smallest absolute Gasteiger partial charge is 0.0739 e. The van der Waals surface area contributed by atoms with E-state index in [0.717, 1.165) is 29.8 Å². The number of nitrogens with zero attached hydrogens (tertiary/aromatic N) is 3. The highest BCUT2D eigenvalue weighted by Gasteiger charge is 2.14. The maximum Gasteiger partial charge on any atom is 0.0739 e. The molecule has 2 rings (SSSR count). The molecule has 2 aromatic rings. The van der Waals surface area contributed by atoms with Crippen LogP contribution in [0.2, 0.25) is 0 Å². The third-order valence-electron chi connectivity index (χ3n) is 2.88. The first kappa shape index (κ1) is 13.8. The highest BCUT2D eigenvalue weighted by Crippen LogP contribution is 2.23. The normalized spacial score (nSPS) is 11.4. The lowest BCUT2D eigenvalue weighted by Crippen LogP contribution is -2.19. The molecule has 0 saturated carbocycles. The van der Waals surface area contributed by atoms with E-state index in [4.69, 9.17) is 0 Å². The molecule has 0 atom stereocenters. The van der Waals surface area contributed by atoms with Crippen molar-refractivity contribution in [3.63, 3.8) is 0 Å². The van der Waals surface area contributed by atoms with Crippen molar-refractivity contribution in [1.82, 2.24) is 14.7 Å². The van der Waals surface area contributed by atoms with Crippen molar-refractivity contribution in [1.29, 1.82) is 0 Å². The second kappa shape index (κ2) is 5.99. The summed E-state index contributed by atoms with van der Waals surface area (Å²) in [6.45, 7) is 6.97. The van der Waals surface area contributed by atoms with Crippen LogP contribution in [0, 0.1) is 6.92 Å². The minimum atomic E-state index is 0.910. The molecular weight excluding hydrogens is 310 g/mol. The summed E-state index contributed by atoms with van der Waals surface area (Å²) in [5, 5.41) is 6.65. The SMILES string of the molecule is CCn1nc(C)c(Br)c1CN(C)Cc1cccs1. The van der Waals surface area contributed by atoms with E-state index in [2.05, 4.69) is 62.1 Å². The Kier molecular flexibility index (Phi) is 4.59. The molecule has 0 aromatic carbocycles. The fraction of sp³-hybridized carbons (Fsp3) is 0.462. The van der Waals surface area contributed by atoms with Gasteiger partial charge in [-0.05, 0) is 48.3 Å². The summed E-state index contributed by atoms with van der Waals surface area (Å²) in [6, 6.07) is 4.28. The van der Waals surface area contributed by atoms with Crippen LogP contribution < -0.4 is 0 Å². The van der Waals surface area contributed by atoms with Crippen LogP contribution in [0.25, 0.3) is 0 Å². The van der Waals surface area contributed by atoms with Crippen LogP contribution in [0.4, 0.5) is 0 Å². The van der Waals surface area contributed by atoms with Gasteiger partial charge in [0.1, 0.15) is 0 Å². The molecule has 0 amide bonds. The van der Waals surface area contributed by atoms with Crippen molar-refractivity contribution < 1.29 is 0 Å². The molecule has 2 heterocycles. The summed E-state index contributed by atoms with van der Waals surface area (Å²) in [6.07, 6.45) is 0. The molecule has 0 fully saturated rings. The fourth-order valence-electron chi connectivity index (χ4n) is 2.00. The van der Waals surface area contributed by atoms with Gasteiger partial charge in [0.15, 0.2) is 0 Å². The summed E-state index contributed by atoms with van der Waals surface area (Å²) < 4.78 is 3.21. The Labute approximate surface area is 121 Å².